The largest absolute Gasteiger partial charge is 0.496 e. The second-order valence-electron chi connectivity index (χ2n) is 3.89. The number of likely N-dealkylation sites (N-methyl/N-ethyl adjacent to an activating group) is 1. The van der Waals surface area contributed by atoms with E-state index in [-0.39, 0.29) is 6.10 Å². The van der Waals surface area contributed by atoms with Gasteiger partial charge in [0.1, 0.15) is 5.75 Å². The molecule has 0 heterocycles. The summed E-state index contributed by atoms with van der Waals surface area (Å²) < 4.78 is 10.8. The van der Waals surface area contributed by atoms with Gasteiger partial charge in [-0.15, -0.1) is 0 Å². The Bertz CT molecular complexity index is 350. The SMILES string of the molecule is CNCC(OC)c1ccc(OC)c(C)c1C. The number of rotatable bonds is 5. The summed E-state index contributed by atoms with van der Waals surface area (Å²) in [4.78, 5) is 0. The van der Waals surface area contributed by atoms with Crippen molar-refractivity contribution in [1.82, 2.24) is 5.32 Å². The molecule has 0 saturated heterocycles. The van der Waals surface area contributed by atoms with E-state index in [2.05, 4.69) is 25.2 Å². The van der Waals surface area contributed by atoms with Gasteiger partial charge in [-0.3, -0.25) is 0 Å². The highest BCUT2D eigenvalue weighted by Gasteiger charge is 2.15. The maximum Gasteiger partial charge on any atom is 0.122 e. The molecule has 0 amide bonds. The fourth-order valence-corrected chi connectivity index (χ4v) is 1.89. The van der Waals surface area contributed by atoms with Crippen LogP contribution in [0.2, 0.25) is 0 Å². The Balaban J connectivity index is 3.09. The van der Waals surface area contributed by atoms with Crippen LogP contribution in [0.25, 0.3) is 0 Å². The minimum atomic E-state index is 0.0922. The molecule has 0 aliphatic heterocycles. The van der Waals surface area contributed by atoms with E-state index >= 15 is 0 Å². The van der Waals surface area contributed by atoms with Gasteiger partial charge >= 0.3 is 0 Å². The molecule has 0 saturated carbocycles. The molecule has 1 atom stereocenters. The van der Waals surface area contributed by atoms with Crippen molar-refractivity contribution >= 4 is 0 Å². The first kappa shape index (κ1) is 13.0. The molecule has 0 aromatic heterocycles. The van der Waals surface area contributed by atoms with Gasteiger partial charge in [0.15, 0.2) is 0 Å². The molecule has 0 aliphatic rings. The van der Waals surface area contributed by atoms with Crippen LogP contribution in [0.4, 0.5) is 0 Å². The van der Waals surface area contributed by atoms with Crippen LogP contribution in [0.1, 0.15) is 22.8 Å². The van der Waals surface area contributed by atoms with Crippen LogP contribution in [-0.2, 0) is 4.74 Å². The Morgan fingerprint density at radius 2 is 1.88 bits per heavy atom. The molecule has 0 fully saturated rings. The van der Waals surface area contributed by atoms with E-state index in [0.29, 0.717) is 0 Å². The quantitative estimate of drug-likeness (QED) is 0.830. The van der Waals surface area contributed by atoms with Gasteiger partial charge in [0.25, 0.3) is 0 Å². The van der Waals surface area contributed by atoms with Crippen LogP contribution < -0.4 is 10.1 Å². The molecule has 1 aromatic rings. The fourth-order valence-electron chi connectivity index (χ4n) is 1.89. The van der Waals surface area contributed by atoms with E-state index in [1.54, 1.807) is 14.2 Å². The summed E-state index contributed by atoms with van der Waals surface area (Å²) in [7, 11) is 5.36. The third-order valence-corrected chi connectivity index (χ3v) is 3.02. The Morgan fingerprint density at radius 1 is 1.19 bits per heavy atom. The smallest absolute Gasteiger partial charge is 0.122 e. The minimum Gasteiger partial charge on any atom is -0.496 e. The second-order valence-corrected chi connectivity index (χ2v) is 3.89. The minimum absolute atomic E-state index is 0.0922. The molecule has 16 heavy (non-hydrogen) atoms. The van der Waals surface area contributed by atoms with Gasteiger partial charge in [0.05, 0.1) is 13.2 Å². The predicted octanol–water partition coefficient (Wildman–Crippen LogP) is 2.22. The molecule has 1 unspecified atom stereocenters. The lowest BCUT2D eigenvalue weighted by Gasteiger charge is -2.20. The molecule has 0 bridgehead atoms. The Kier molecular flexibility index (Phi) is 4.77. The van der Waals surface area contributed by atoms with Crippen LogP contribution in [0.3, 0.4) is 0 Å². The number of hydrogen-bond donors (Lipinski definition) is 1. The molecule has 0 radical (unpaired) electrons. The number of benzene rings is 1. The van der Waals surface area contributed by atoms with Crippen LogP contribution in [0, 0.1) is 13.8 Å². The van der Waals surface area contributed by atoms with Crippen molar-refractivity contribution in [1.29, 1.82) is 0 Å². The summed E-state index contributed by atoms with van der Waals surface area (Å²) in [5.41, 5.74) is 3.63. The Morgan fingerprint density at radius 3 is 2.38 bits per heavy atom. The molecule has 90 valence electrons. The summed E-state index contributed by atoms with van der Waals surface area (Å²) >= 11 is 0. The molecular weight excluding hydrogens is 202 g/mol. The van der Waals surface area contributed by atoms with Gasteiger partial charge in [0, 0.05) is 13.7 Å². The van der Waals surface area contributed by atoms with Gasteiger partial charge in [-0.05, 0) is 43.7 Å². The van der Waals surface area contributed by atoms with E-state index in [4.69, 9.17) is 9.47 Å². The lowest BCUT2D eigenvalue weighted by atomic mass is 9.98. The van der Waals surface area contributed by atoms with E-state index in [9.17, 15) is 0 Å². The van der Waals surface area contributed by atoms with Crippen molar-refractivity contribution in [2.24, 2.45) is 0 Å². The molecule has 0 spiro atoms. The van der Waals surface area contributed by atoms with Crippen molar-refractivity contribution in [3.05, 3.63) is 28.8 Å². The fraction of sp³-hybridized carbons (Fsp3) is 0.538. The lowest BCUT2D eigenvalue weighted by molar-refractivity contribution is 0.104. The number of hydrogen-bond acceptors (Lipinski definition) is 3. The normalized spacial score (nSPS) is 12.6. The van der Waals surface area contributed by atoms with E-state index < -0.39 is 0 Å². The first-order valence-electron chi connectivity index (χ1n) is 5.47. The second kappa shape index (κ2) is 5.87. The van der Waals surface area contributed by atoms with E-state index in [1.807, 2.05) is 13.1 Å². The molecule has 1 aromatic carbocycles. The zero-order valence-corrected chi connectivity index (χ0v) is 10.8. The average molecular weight is 223 g/mol. The maximum atomic E-state index is 5.48. The third-order valence-electron chi connectivity index (χ3n) is 3.02. The van der Waals surface area contributed by atoms with Crippen LogP contribution in [0.15, 0.2) is 12.1 Å². The van der Waals surface area contributed by atoms with Crippen LogP contribution in [0.5, 0.6) is 5.75 Å². The molecule has 3 heteroatoms. The van der Waals surface area contributed by atoms with Gasteiger partial charge in [-0.25, -0.2) is 0 Å². The Labute approximate surface area is 97.8 Å². The van der Waals surface area contributed by atoms with Crippen molar-refractivity contribution in [3.8, 4) is 5.75 Å². The van der Waals surface area contributed by atoms with Crippen LogP contribution >= 0.6 is 0 Å². The zero-order valence-electron chi connectivity index (χ0n) is 10.8. The molecule has 1 rings (SSSR count). The number of nitrogens with one attached hydrogen (secondary N) is 1. The van der Waals surface area contributed by atoms with Crippen molar-refractivity contribution < 1.29 is 9.47 Å². The lowest BCUT2D eigenvalue weighted by Crippen LogP contribution is -2.19. The molecule has 3 nitrogen and oxygen atoms in total. The highest BCUT2D eigenvalue weighted by Crippen LogP contribution is 2.28. The average Bonchev–Trinajstić information content (AvgIpc) is 2.30. The predicted molar refractivity (Wildman–Crippen MR) is 66.1 cm³/mol. The summed E-state index contributed by atoms with van der Waals surface area (Å²) in [5.74, 6) is 0.931. The first-order chi connectivity index (χ1) is 7.65. The highest BCUT2D eigenvalue weighted by molar-refractivity contribution is 5.44. The summed E-state index contributed by atoms with van der Waals surface area (Å²) in [6, 6.07) is 4.08. The molecule has 1 N–H and O–H groups in total. The number of ether oxygens (including phenoxy) is 2. The zero-order chi connectivity index (χ0) is 12.1. The molecular formula is C13H21NO2. The molecule has 0 aliphatic carbocycles. The van der Waals surface area contributed by atoms with Gasteiger partial charge in [0.2, 0.25) is 0 Å². The summed E-state index contributed by atoms with van der Waals surface area (Å²) in [6.45, 7) is 4.99. The summed E-state index contributed by atoms with van der Waals surface area (Å²) in [6.07, 6.45) is 0.0922. The van der Waals surface area contributed by atoms with Crippen molar-refractivity contribution in [2.75, 3.05) is 27.8 Å². The van der Waals surface area contributed by atoms with Crippen LogP contribution in [-0.4, -0.2) is 27.8 Å². The monoisotopic (exact) mass is 223 g/mol. The topological polar surface area (TPSA) is 30.5 Å². The maximum absolute atomic E-state index is 5.48. The van der Waals surface area contributed by atoms with Gasteiger partial charge in [-0.2, -0.15) is 0 Å². The van der Waals surface area contributed by atoms with Gasteiger partial charge < -0.3 is 14.8 Å². The van der Waals surface area contributed by atoms with Gasteiger partial charge in [-0.1, -0.05) is 6.07 Å². The number of methoxy groups -OCH3 is 2. The van der Waals surface area contributed by atoms with Crippen molar-refractivity contribution in [2.45, 2.75) is 20.0 Å². The highest BCUT2D eigenvalue weighted by atomic mass is 16.5. The first-order valence-corrected chi connectivity index (χ1v) is 5.47. The van der Waals surface area contributed by atoms with E-state index in [1.165, 1.54) is 16.7 Å². The summed E-state index contributed by atoms with van der Waals surface area (Å²) in [5, 5.41) is 3.14. The van der Waals surface area contributed by atoms with Crippen molar-refractivity contribution in [3.63, 3.8) is 0 Å². The third kappa shape index (κ3) is 2.54. The van der Waals surface area contributed by atoms with E-state index in [0.717, 1.165) is 12.3 Å². The standard InChI is InChI=1S/C13H21NO2/c1-9-10(2)12(15-4)7-6-11(9)13(16-5)8-14-3/h6-7,13-14H,8H2,1-5H3. The Hall–Kier alpha value is -1.06.